The molecule has 3 heteroatoms. The van der Waals surface area contributed by atoms with Crippen LogP contribution in [-0.4, -0.2) is 31.6 Å². The van der Waals surface area contributed by atoms with Crippen LogP contribution in [-0.2, 0) is 11.4 Å². The van der Waals surface area contributed by atoms with Gasteiger partial charge in [-0.25, -0.2) is 5.48 Å². The zero-order chi connectivity index (χ0) is 11.9. The van der Waals surface area contributed by atoms with E-state index in [9.17, 15) is 0 Å². The standard InChI is InChI=1S/C14H22N2O/c1-16-9-5-8-14(11-16)10-15-17-12-13-6-3-2-4-7-13/h2-4,6-7,14-15H,5,8-12H2,1H3. The normalized spacial score (nSPS) is 21.6. The van der Waals surface area contributed by atoms with Crippen molar-refractivity contribution in [2.24, 2.45) is 5.92 Å². The first-order chi connectivity index (χ1) is 8.34. The van der Waals surface area contributed by atoms with Crippen molar-refractivity contribution in [1.29, 1.82) is 0 Å². The van der Waals surface area contributed by atoms with Gasteiger partial charge >= 0.3 is 0 Å². The first kappa shape index (κ1) is 12.6. The van der Waals surface area contributed by atoms with Crippen molar-refractivity contribution in [3.05, 3.63) is 35.9 Å². The third-order valence-corrected chi connectivity index (χ3v) is 3.28. The number of benzene rings is 1. The molecule has 0 aromatic heterocycles. The number of rotatable bonds is 5. The Morgan fingerprint density at radius 3 is 2.94 bits per heavy atom. The van der Waals surface area contributed by atoms with E-state index in [1.165, 1.54) is 31.5 Å². The largest absolute Gasteiger partial charge is 0.306 e. The summed E-state index contributed by atoms with van der Waals surface area (Å²) in [4.78, 5) is 7.89. The van der Waals surface area contributed by atoms with Crippen LogP contribution in [0.15, 0.2) is 30.3 Å². The van der Waals surface area contributed by atoms with Crippen molar-refractivity contribution in [2.45, 2.75) is 19.4 Å². The van der Waals surface area contributed by atoms with Gasteiger partial charge in [-0.05, 0) is 37.9 Å². The number of nitrogens with one attached hydrogen (secondary N) is 1. The van der Waals surface area contributed by atoms with Crippen LogP contribution in [0.4, 0.5) is 0 Å². The predicted octanol–water partition coefficient (Wildman–Crippen LogP) is 2.05. The minimum absolute atomic E-state index is 0.642. The van der Waals surface area contributed by atoms with Gasteiger partial charge in [-0.3, -0.25) is 4.84 Å². The molecule has 1 aliphatic rings. The molecular weight excluding hydrogens is 212 g/mol. The van der Waals surface area contributed by atoms with Crippen LogP contribution < -0.4 is 5.48 Å². The summed E-state index contributed by atoms with van der Waals surface area (Å²) in [7, 11) is 2.19. The zero-order valence-electron chi connectivity index (χ0n) is 10.6. The summed E-state index contributed by atoms with van der Waals surface area (Å²) in [6.45, 7) is 4.02. The number of hydrogen-bond acceptors (Lipinski definition) is 3. The lowest BCUT2D eigenvalue weighted by atomic mass is 9.99. The molecule has 1 atom stereocenters. The van der Waals surface area contributed by atoms with Crippen LogP contribution >= 0.6 is 0 Å². The summed E-state index contributed by atoms with van der Waals surface area (Å²) in [6.07, 6.45) is 2.62. The van der Waals surface area contributed by atoms with Crippen molar-refractivity contribution in [2.75, 3.05) is 26.7 Å². The molecule has 0 radical (unpaired) electrons. The fourth-order valence-electron chi connectivity index (χ4n) is 2.33. The molecule has 1 heterocycles. The van der Waals surface area contributed by atoms with Crippen LogP contribution in [0, 0.1) is 5.92 Å². The van der Waals surface area contributed by atoms with Gasteiger partial charge in [0.25, 0.3) is 0 Å². The molecule has 1 fully saturated rings. The maximum Gasteiger partial charge on any atom is 0.0933 e. The van der Waals surface area contributed by atoms with Gasteiger partial charge in [0.15, 0.2) is 0 Å². The third-order valence-electron chi connectivity index (χ3n) is 3.28. The quantitative estimate of drug-likeness (QED) is 0.623. The number of piperidine rings is 1. The average molecular weight is 234 g/mol. The van der Waals surface area contributed by atoms with Crippen molar-refractivity contribution < 1.29 is 4.84 Å². The second kappa shape index (κ2) is 6.74. The molecule has 1 N–H and O–H groups in total. The predicted molar refractivity (Wildman–Crippen MR) is 69.5 cm³/mol. The van der Waals surface area contributed by atoms with Gasteiger partial charge in [0, 0.05) is 13.1 Å². The van der Waals surface area contributed by atoms with Gasteiger partial charge in [-0.1, -0.05) is 30.3 Å². The Morgan fingerprint density at radius 1 is 1.35 bits per heavy atom. The van der Waals surface area contributed by atoms with Crippen molar-refractivity contribution >= 4 is 0 Å². The second-order valence-corrected chi connectivity index (χ2v) is 4.89. The highest BCUT2D eigenvalue weighted by Gasteiger charge is 2.16. The summed E-state index contributed by atoms with van der Waals surface area (Å²) in [5.74, 6) is 0.726. The lowest BCUT2D eigenvalue weighted by Crippen LogP contribution is -2.37. The second-order valence-electron chi connectivity index (χ2n) is 4.89. The monoisotopic (exact) mass is 234 g/mol. The molecule has 0 amide bonds. The van der Waals surface area contributed by atoms with Gasteiger partial charge in [0.1, 0.15) is 0 Å². The molecule has 0 spiro atoms. The van der Waals surface area contributed by atoms with Crippen LogP contribution in [0.25, 0.3) is 0 Å². The van der Waals surface area contributed by atoms with E-state index in [4.69, 9.17) is 4.84 Å². The van der Waals surface area contributed by atoms with Crippen LogP contribution in [0.1, 0.15) is 18.4 Å². The molecular formula is C14H22N2O. The number of likely N-dealkylation sites (tertiary alicyclic amines) is 1. The van der Waals surface area contributed by atoms with Gasteiger partial charge < -0.3 is 4.90 Å². The summed E-state index contributed by atoms with van der Waals surface area (Å²) >= 11 is 0. The van der Waals surface area contributed by atoms with Gasteiger partial charge in [-0.15, -0.1) is 0 Å². The van der Waals surface area contributed by atoms with Gasteiger partial charge in [0.2, 0.25) is 0 Å². The third kappa shape index (κ3) is 4.46. The van der Waals surface area contributed by atoms with Crippen LogP contribution in [0.2, 0.25) is 0 Å². The van der Waals surface area contributed by atoms with Crippen LogP contribution in [0.3, 0.4) is 0 Å². The molecule has 17 heavy (non-hydrogen) atoms. The molecule has 2 rings (SSSR count). The number of hydroxylamine groups is 1. The van der Waals surface area contributed by atoms with Gasteiger partial charge in [0.05, 0.1) is 6.61 Å². The summed E-state index contributed by atoms with van der Waals surface area (Å²) < 4.78 is 0. The molecule has 94 valence electrons. The molecule has 1 saturated heterocycles. The summed E-state index contributed by atoms with van der Waals surface area (Å²) in [6, 6.07) is 10.3. The Balaban J connectivity index is 1.60. The molecule has 1 aliphatic heterocycles. The van der Waals surface area contributed by atoms with E-state index in [2.05, 4.69) is 29.6 Å². The molecule has 3 nitrogen and oxygen atoms in total. The first-order valence-corrected chi connectivity index (χ1v) is 6.42. The summed E-state index contributed by atoms with van der Waals surface area (Å²) in [5.41, 5.74) is 4.31. The SMILES string of the molecule is CN1CCCC(CNOCc2ccccc2)C1. The lowest BCUT2D eigenvalue weighted by molar-refractivity contribution is 0.0130. The van der Waals surface area contributed by atoms with E-state index in [-0.39, 0.29) is 0 Å². The molecule has 1 unspecified atom stereocenters. The number of nitrogens with zero attached hydrogens (tertiary/aromatic N) is 1. The van der Waals surface area contributed by atoms with Gasteiger partial charge in [-0.2, -0.15) is 0 Å². The smallest absolute Gasteiger partial charge is 0.0933 e. The first-order valence-electron chi connectivity index (χ1n) is 6.42. The minimum atomic E-state index is 0.642. The molecule has 0 aliphatic carbocycles. The van der Waals surface area contributed by atoms with E-state index in [0.29, 0.717) is 6.61 Å². The summed E-state index contributed by atoms with van der Waals surface area (Å²) in [5, 5.41) is 0. The Kier molecular flexibility index (Phi) is 4.98. The van der Waals surface area contributed by atoms with E-state index in [0.717, 1.165) is 12.5 Å². The molecule has 1 aromatic rings. The maximum atomic E-state index is 5.49. The van der Waals surface area contributed by atoms with E-state index < -0.39 is 0 Å². The maximum absolute atomic E-state index is 5.49. The van der Waals surface area contributed by atoms with E-state index in [1.807, 2.05) is 18.2 Å². The minimum Gasteiger partial charge on any atom is -0.306 e. The molecule has 0 bridgehead atoms. The Morgan fingerprint density at radius 2 is 2.18 bits per heavy atom. The van der Waals surface area contributed by atoms with Crippen molar-refractivity contribution in [3.63, 3.8) is 0 Å². The lowest BCUT2D eigenvalue weighted by Gasteiger charge is -2.29. The highest BCUT2D eigenvalue weighted by Crippen LogP contribution is 2.13. The van der Waals surface area contributed by atoms with Crippen molar-refractivity contribution in [3.8, 4) is 0 Å². The number of hydrogen-bond donors (Lipinski definition) is 1. The molecule has 0 saturated carbocycles. The topological polar surface area (TPSA) is 24.5 Å². The van der Waals surface area contributed by atoms with E-state index in [1.54, 1.807) is 0 Å². The zero-order valence-corrected chi connectivity index (χ0v) is 10.6. The Bertz CT molecular complexity index is 315. The Hall–Kier alpha value is -0.900. The molecule has 1 aromatic carbocycles. The fraction of sp³-hybridized carbons (Fsp3) is 0.571. The average Bonchev–Trinajstić information content (AvgIpc) is 2.36. The van der Waals surface area contributed by atoms with Crippen LogP contribution in [0.5, 0.6) is 0 Å². The fourth-order valence-corrected chi connectivity index (χ4v) is 2.33. The van der Waals surface area contributed by atoms with E-state index >= 15 is 0 Å². The van der Waals surface area contributed by atoms with Crippen molar-refractivity contribution in [1.82, 2.24) is 10.4 Å². The highest BCUT2D eigenvalue weighted by atomic mass is 16.6. The highest BCUT2D eigenvalue weighted by molar-refractivity contribution is 5.13. The Labute approximate surface area is 104 Å².